The van der Waals surface area contributed by atoms with Crippen LogP contribution < -0.4 is 10.9 Å². The Labute approximate surface area is 157 Å². The molecule has 0 spiro atoms. The zero-order chi connectivity index (χ0) is 18.0. The third-order valence-electron chi connectivity index (χ3n) is 3.66. The van der Waals surface area contributed by atoms with Crippen molar-refractivity contribution >= 4 is 50.6 Å². The van der Waals surface area contributed by atoms with Gasteiger partial charge in [-0.15, -0.1) is 6.58 Å². The quantitative estimate of drug-likeness (QED) is 0.494. The standard InChI is InChI=1S/C18H14BrN3O2S/c1-2-9-22-17(24)14-8-3-11(10-15(14)21-18(22)25)16(23)20-13-6-4-12(19)5-7-13/h2-8,10H,1,9H2,(H,20,23)(H,21,25). The Bertz CT molecular complexity index is 1080. The van der Waals surface area contributed by atoms with Crippen molar-refractivity contribution in [1.29, 1.82) is 0 Å². The lowest BCUT2D eigenvalue weighted by Gasteiger charge is -2.08. The second-order valence-corrected chi connectivity index (χ2v) is 6.66. The van der Waals surface area contributed by atoms with Gasteiger partial charge in [0.1, 0.15) is 0 Å². The number of benzene rings is 2. The average molecular weight is 416 g/mol. The molecule has 5 nitrogen and oxygen atoms in total. The van der Waals surface area contributed by atoms with Crippen LogP contribution in [0.25, 0.3) is 10.9 Å². The molecule has 0 unspecified atom stereocenters. The van der Waals surface area contributed by atoms with Crippen LogP contribution in [0.2, 0.25) is 0 Å². The molecular weight excluding hydrogens is 402 g/mol. The Balaban J connectivity index is 1.98. The SMILES string of the molecule is C=CCn1c(=S)[nH]c2cc(C(=O)Nc3ccc(Br)cc3)ccc2c1=O. The molecule has 1 aromatic heterocycles. The molecule has 7 heteroatoms. The second kappa shape index (κ2) is 7.16. The van der Waals surface area contributed by atoms with Gasteiger partial charge in [-0.3, -0.25) is 14.2 Å². The van der Waals surface area contributed by atoms with Crippen molar-refractivity contribution in [3.05, 3.63) is 80.3 Å². The van der Waals surface area contributed by atoms with Crippen molar-refractivity contribution in [2.75, 3.05) is 5.32 Å². The summed E-state index contributed by atoms with van der Waals surface area (Å²) in [5.74, 6) is -0.265. The van der Waals surface area contributed by atoms with Crippen molar-refractivity contribution in [3.63, 3.8) is 0 Å². The number of aromatic nitrogens is 2. The van der Waals surface area contributed by atoms with E-state index in [9.17, 15) is 9.59 Å². The summed E-state index contributed by atoms with van der Waals surface area (Å²) in [6.07, 6.45) is 1.61. The highest BCUT2D eigenvalue weighted by Crippen LogP contribution is 2.16. The van der Waals surface area contributed by atoms with Crippen LogP contribution in [0.15, 0.2) is 64.4 Å². The largest absolute Gasteiger partial charge is 0.332 e. The maximum Gasteiger partial charge on any atom is 0.262 e. The van der Waals surface area contributed by atoms with Crippen LogP contribution in [0.3, 0.4) is 0 Å². The zero-order valence-electron chi connectivity index (χ0n) is 13.1. The molecule has 25 heavy (non-hydrogen) atoms. The number of aromatic amines is 1. The highest BCUT2D eigenvalue weighted by molar-refractivity contribution is 9.10. The molecule has 2 N–H and O–H groups in total. The summed E-state index contributed by atoms with van der Waals surface area (Å²) in [6, 6.07) is 12.1. The number of hydrogen-bond acceptors (Lipinski definition) is 3. The molecule has 0 saturated carbocycles. The van der Waals surface area contributed by atoms with Gasteiger partial charge in [-0.2, -0.15) is 0 Å². The summed E-state index contributed by atoms with van der Waals surface area (Å²) in [7, 11) is 0. The molecule has 0 radical (unpaired) electrons. The van der Waals surface area contributed by atoms with Crippen molar-refractivity contribution in [1.82, 2.24) is 9.55 Å². The molecule has 0 aliphatic carbocycles. The number of carbonyl (C=O) groups is 1. The van der Waals surface area contributed by atoms with Gasteiger partial charge in [0.05, 0.1) is 10.9 Å². The number of carbonyl (C=O) groups excluding carboxylic acids is 1. The summed E-state index contributed by atoms with van der Waals surface area (Å²) in [5.41, 5.74) is 1.43. The Morgan fingerprint density at radius 2 is 2.00 bits per heavy atom. The van der Waals surface area contributed by atoms with E-state index >= 15 is 0 Å². The first kappa shape index (κ1) is 17.3. The fraction of sp³-hybridized carbons (Fsp3) is 0.0556. The van der Waals surface area contributed by atoms with Crippen LogP contribution in [-0.2, 0) is 6.54 Å². The van der Waals surface area contributed by atoms with Gasteiger partial charge in [-0.1, -0.05) is 22.0 Å². The van der Waals surface area contributed by atoms with Crippen LogP contribution in [0.1, 0.15) is 10.4 Å². The lowest BCUT2D eigenvalue weighted by molar-refractivity contribution is 0.102. The number of amides is 1. The van der Waals surface area contributed by atoms with E-state index in [-0.39, 0.29) is 11.5 Å². The van der Waals surface area contributed by atoms with Gasteiger partial charge >= 0.3 is 0 Å². The van der Waals surface area contributed by atoms with Crippen molar-refractivity contribution in [3.8, 4) is 0 Å². The number of hydrogen-bond donors (Lipinski definition) is 2. The Hall–Kier alpha value is -2.51. The molecule has 0 fully saturated rings. The molecule has 0 aliphatic heterocycles. The van der Waals surface area contributed by atoms with Gasteiger partial charge in [-0.25, -0.2) is 0 Å². The van der Waals surface area contributed by atoms with E-state index in [0.29, 0.717) is 33.5 Å². The van der Waals surface area contributed by atoms with Crippen molar-refractivity contribution in [2.45, 2.75) is 6.54 Å². The molecule has 2 aromatic carbocycles. The lowest BCUT2D eigenvalue weighted by Crippen LogP contribution is -2.22. The number of nitrogens with one attached hydrogen (secondary N) is 2. The number of allylic oxidation sites excluding steroid dienone is 1. The summed E-state index contributed by atoms with van der Waals surface area (Å²) in [6.45, 7) is 3.95. The highest BCUT2D eigenvalue weighted by Gasteiger charge is 2.10. The molecule has 126 valence electrons. The van der Waals surface area contributed by atoms with Crippen molar-refractivity contribution < 1.29 is 4.79 Å². The normalized spacial score (nSPS) is 10.6. The minimum atomic E-state index is -0.265. The first-order valence-corrected chi connectivity index (χ1v) is 8.64. The monoisotopic (exact) mass is 415 g/mol. The Morgan fingerprint density at radius 1 is 1.28 bits per heavy atom. The van der Waals surface area contributed by atoms with Crippen molar-refractivity contribution in [2.24, 2.45) is 0 Å². The minimum Gasteiger partial charge on any atom is -0.332 e. The first-order chi connectivity index (χ1) is 12.0. The molecule has 0 saturated heterocycles. The van der Waals surface area contributed by atoms with Gasteiger partial charge in [0.2, 0.25) is 0 Å². The number of fused-ring (bicyclic) bond motifs is 1. The van der Waals surface area contributed by atoms with Crippen LogP contribution in [0.4, 0.5) is 5.69 Å². The number of nitrogens with zero attached hydrogens (tertiary/aromatic N) is 1. The van der Waals surface area contributed by atoms with Gasteiger partial charge < -0.3 is 10.3 Å². The van der Waals surface area contributed by atoms with Gasteiger partial charge in [0.15, 0.2) is 4.77 Å². The molecule has 0 aliphatic rings. The van der Waals surface area contributed by atoms with E-state index in [4.69, 9.17) is 12.2 Å². The third kappa shape index (κ3) is 3.62. The van der Waals surface area contributed by atoms with Gasteiger partial charge in [0.25, 0.3) is 11.5 Å². The predicted molar refractivity (Wildman–Crippen MR) is 106 cm³/mol. The number of halogens is 1. The molecule has 1 amide bonds. The Kier molecular flexibility index (Phi) is 4.96. The molecule has 3 rings (SSSR count). The topological polar surface area (TPSA) is 66.9 Å². The average Bonchev–Trinajstić information content (AvgIpc) is 2.60. The third-order valence-corrected chi connectivity index (χ3v) is 4.51. The molecular formula is C18H14BrN3O2S. The maximum atomic E-state index is 12.5. The lowest BCUT2D eigenvalue weighted by atomic mass is 10.1. The highest BCUT2D eigenvalue weighted by atomic mass is 79.9. The van der Waals surface area contributed by atoms with E-state index in [1.807, 2.05) is 12.1 Å². The zero-order valence-corrected chi connectivity index (χ0v) is 15.5. The first-order valence-electron chi connectivity index (χ1n) is 7.44. The Morgan fingerprint density at radius 3 is 2.68 bits per heavy atom. The molecule has 1 heterocycles. The van der Waals surface area contributed by atoms with Crippen LogP contribution in [-0.4, -0.2) is 15.5 Å². The molecule has 0 atom stereocenters. The predicted octanol–water partition coefficient (Wildman–Crippen LogP) is 4.26. The van der Waals surface area contributed by atoms with Gasteiger partial charge in [-0.05, 0) is 54.7 Å². The van der Waals surface area contributed by atoms with Crippen LogP contribution in [0, 0.1) is 4.77 Å². The minimum absolute atomic E-state index is 0.210. The number of H-pyrrole nitrogens is 1. The number of anilines is 1. The summed E-state index contributed by atoms with van der Waals surface area (Å²) in [4.78, 5) is 27.9. The van der Waals surface area contributed by atoms with E-state index in [0.717, 1.165) is 4.47 Å². The smallest absolute Gasteiger partial charge is 0.262 e. The van der Waals surface area contributed by atoms with Crippen LogP contribution >= 0.6 is 28.1 Å². The molecule has 0 bridgehead atoms. The van der Waals surface area contributed by atoms with E-state index in [2.05, 4.69) is 32.8 Å². The summed E-state index contributed by atoms with van der Waals surface area (Å²) in [5, 5.41) is 3.28. The van der Waals surface area contributed by atoms with E-state index < -0.39 is 0 Å². The summed E-state index contributed by atoms with van der Waals surface area (Å²) < 4.78 is 2.65. The fourth-order valence-corrected chi connectivity index (χ4v) is 2.96. The number of rotatable bonds is 4. The second-order valence-electron chi connectivity index (χ2n) is 5.36. The van der Waals surface area contributed by atoms with E-state index in [1.165, 1.54) is 4.57 Å². The summed E-state index contributed by atoms with van der Waals surface area (Å²) >= 11 is 8.56. The van der Waals surface area contributed by atoms with Crippen LogP contribution in [0.5, 0.6) is 0 Å². The van der Waals surface area contributed by atoms with E-state index in [1.54, 1.807) is 36.4 Å². The van der Waals surface area contributed by atoms with Gasteiger partial charge in [0, 0.05) is 22.3 Å². The maximum absolute atomic E-state index is 12.5. The molecule has 3 aromatic rings. The fourth-order valence-electron chi connectivity index (χ4n) is 2.43.